The molecule has 0 N–H and O–H groups in total. The third-order valence-electron chi connectivity index (χ3n) is 1.31. The fourth-order valence-electron chi connectivity index (χ4n) is 0.870. The van der Waals surface area contributed by atoms with Gasteiger partial charge in [-0.1, -0.05) is 11.6 Å². The molecule has 0 radical (unpaired) electrons. The maximum absolute atomic E-state index is 5.72. The first-order chi connectivity index (χ1) is 5.72. The highest BCUT2D eigenvalue weighted by Crippen LogP contribution is 2.07. The number of aromatic nitrogens is 2. The quantitative estimate of drug-likeness (QED) is 0.678. The van der Waals surface area contributed by atoms with Gasteiger partial charge >= 0.3 is 0 Å². The van der Waals surface area contributed by atoms with E-state index in [1.807, 2.05) is 6.92 Å². The van der Waals surface area contributed by atoms with Crippen molar-refractivity contribution in [3.8, 4) is 0 Å². The molecule has 1 aromatic heterocycles. The highest BCUT2D eigenvalue weighted by atomic mass is 35.5. The van der Waals surface area contributed by atoms with Gasteiger partial charge in [-0.25, -0.2) is 9.97 Å². The molecule has 0 atom stereocenters. The zero-order chi connectivity index (χ0) is 8.97. The van der Waals surface area contributed by atoms with E-state index in [-0.39, 0.29) is 0 Å². The summed E-state index contributed by atoms with van der Waals surface area (Å²) in [6.45, 7) is 4.93. The Morgan fingerprint density at radius 3 is 2.83 bits per heavy atom. The standard InChI is InChI=1S/C8H11ClN2O/c1-3-12-5-7-4-8(9)11-6(2)10-7/h4H,3,5H2,1-2H3. The van der Waals surface area contributed by atoms with Crippen LogP contribution in [0, 0.1) is 6.92 Å². The maximum atomic E-state index is 5.72. The zero-order valence-corrected chi connectivity index (χ0v) is 7.93. The van der Waals surface area contributed by atoms with Crippen LogP contribution in [0.2, 0.25) is 5.15 Å². The van der Waals surface area contributed by atoms with E-state index in [4.69, 9.17) is 16.3 Å². The van der Waals surface area contributed by atoms with E-state index in [1.165, 1.54) is 0 Å². The molecular weight excluding hydrogens is 176 g/mol. The number of nitrogens with zero attached hydrogens (tertiary/aromatic N) is 2. The van der Waals surface area contributed by atoms with E-state index in [9.17, 15) is 0 Å². The summed E-state index contributed by atoms with van der Waals surface area (Å²) in [6.07, 6.45) is 0. The van der Waals surface area contributed by atoms with Crippen molar-refractivity contribution < 1.29 is 4.74 Å². The Labute approximate surface area is 76.7 Å². The summed E-state index contributed by atoms with van der Waals surface area (Å²) in [5, 5.41) is 0.470. The number of hydrogen-bond donors (Lipinski definition) is 0. The molecule has 0 aromatic carbocycles. The van der Waals surface area contributed by atoms with Crippen molar-refractivity contribution in [3.63, 3.8) is 0 Å². The molecule has 0 unspecified atom stereocenters. The first-order valence-electron chi connectivity index (χ1n) is 3.80. The van der Waals surface area contributed by atoms with Gasteiger partial charge in [0, 0.05) is 6.61 Å². The van der Waals surface area contributed by atoms with Crippen molar-refractivity contribution in [1.29, 1.82) is 0 Å². The van der Waals surface area contributed by atoms with Crippen LogP contribution in [0.3, 0.4) is 0 Å². The van der Waals surface area contributed by atoms with Crippen molar-refractivity contribution in [2.45, 2.75) is 20.5 Å². The third-order valence-corrected chi connectivity index (χ3v) is 1.51. The van der Waals surface area contributed by atoms with Crippen molar-refractivity contribution in [1.82, 2.24) is 9.97 Å². The molecule has 0 bridgehead atoms. The molecule has 0 fully saturated rings. The lowest BCUT2D eigenvalue weighted by Crippen LogP contribution is -1.98. The van der Waals surface area contributed by atoms with E-state index < -0.39 is 0 Å². The number of hydrogen-bond acceptors (Lipinski definition) is 3. The second kappa shape index (κ2) is 4.38. The Balaban J connectivity index is 2.72. The molecule has 1 aromatic rings. The Morgan fingerprint density at radius 1 is 1.50 bits per heavy atom. The minimum atomic E-state index is 0.470. The van der Waals surface area contributed by atoms with Gasteiger partial charge in [-0.2, -0.15) is 0 Å². The Hall–Kier alpha value is -0.670. The van der Waals surface area contributed by atoms with Crippen molar-refractivity contribution in [2.24, 2.45) is 0 Å². The number of aryl methyl sites for hydroxylation is 1. The van der Waals surface area contributed by atoms with Crippen LogP contribution in [-0.4, -0.2) is 16.6 Å². The van der Waals surface area contributed by atoms with Crippen LogP contribution in [0.4, 0.5) is 0 Å². The van der Waals surface area contributed by atoms with Crippen LogP contribution < -0.4 is 0 Å². The highest BCUT2D eigenvalue weighted by molar-refractivity contribution is 6.29. The summed E-state index contributed by atoms with van der Waals surface area (Å²) in [7, 11) is 0. The first-order valence-corrected chi connectivity index (χ1v) is 4.18. The van der Waals surface area contributed by atoms with Gasteiger partial charge in [0.25, 0.3) is 0 Å². The monoisotopic (exact) mass is 186 g/mol. The summed E-state index contributed by atoms with van der Waals surface area (Å²) in [5.41, 5.74) is 0.828. The fraction of sp³-hybridized carbons (Fsp3) is 0.500. The van der Waals surface area contributed by atoms with E-state index >= 15 is 0 Å². The third kappa shape index (κ3) is 2.75. The lowest BCUT2D eigenvalue weighted by Gasteiger charge is -2.01. The Morgan fingerprint density at radius 2 is 2.25 bits per heavy atom. The van der Waals surface area contributed by atoms with Crippen LogP contribution in [-0.2, 0) is 11.3 Å². The molecule has 0 saturated carbocycles. The predicted octanol–water partition coefficient (Wildman–Crippen LogP) is 1.97. The second-order valence-electron chi connectivity index (χ2n) is 2.37. The van der Waals surface area contributed by atoms with E-state index in [0.717, 1.165) is 5.69 Å². The fourth-order valence-corrected chi connectivity index (χ4v) is 1.12. The topological polar surface area (TPSA) is 35.0 Å². The average Bonchev–Trinajstić information content (AvgIpc) is 1.99. The zero-order valence-electron chi connectivity index (χ0n) is 7.17. The van der Waals surface area contributed by atoms with Gasteiger partial charge < -0.3 is 4.74 Å². The summed E-state index contributed by atoms with van der Waals surface area (Å²) in [5.74, 6) is 0.678. The largest absolute Gasteiger partial charge is 0.375 e. The van der Waals surface area contributed by atoms with Crippen LogP contribution in [0.15, 0.2) is 6.07 Å². The normalized spacial score (nSPS) is 10.2. The Kier molecular flexibility index (Phi) is 3.44. The summed E-state index contributed by atoms with van der Waals surface area (Å²) < 4.78 is 5.18. The van der Waals surface area contributed by atoms with Gasteiger partial charge in [0.05, 0.1) is 12.3 Å². The molecular formula is C8H11ClN2O. The SMILES string of the molecule is CCOCc1cc(Cl)nc(C)n1. The molecule has 0 amide bonds. The van der Waals surface area contributed by atoms with Gasteiger partial charge in [0.2, 0.25) is 0 Å². The van der Waals surface area contributed by atoms with E-state index in [1.54, 1.807) is 13.0 Å². The number of halogens is 1. The van der Waals surface area contributed by atoms with Gasteiger partial charge in [-0.05, 0) is 19.9 Å². The average molecular weight is 187 g/mol. The van der Waals surface area contributed by atoms with Gasteiger partial charge in [-0.15, -0.1) is 0 Å². The summed E-state index contributed by atoms with van der Waals surface area (Å²) in [6, 6.07) is 1.71. The van der Waals surface area contributed by atoms with Crippen LogP contribution in [0.25, 0.3) is 0 Å². The molecule has 12 heavy (non-hydrogen) atoms. The van der Waals surface area contributed by atoms with Crippen molar-refractivity contribution in [2.75, 3.05) is 6.61 Å². The molecule has 0 spiro atoms. The molecule has 3 nitrogen and oxygen atoms in total. The van der Waals surface area contributed by atoms with E-state index in [2.05, 4.69) is 9.97 Å². The minimum Gasteiger partial charge on any atom is -0.375 e. The maximum Gasteiger partial charge on any atom is 0.133 e. The molecule has 0 aliphatic rings. The minimum absolute atomic E-state index is 0.470. The Bertz CT molecular complexity index is 245. The van der Waals surface area contributed by atoms with Crippen molar-refractivity contribution >= 4 is 11.6 Å². The number of ether oxygens (including phenoxy) is 1. The molecule has 0 aliphatic carbocycles. The molecule has 0 saturated heterocycles. The second-order valence-corrected chi connectivity index (χ2v) is 2.75. The predicted molar refractivity (Wildman–Crippen MR) is 47.1 cm³/mol. The van der Waals surface area contributed by atoms with E-state index in [0.29, 0.717) is 24.2 Å². The van der Waals surface area contributed by atoms with Crippen molar-refractivity contribution in [3.05, 3.63) is 22.7 Å². The molecule has 66 valence electrons. The lowest BCUT2D eigenvalue weighted by atomic mass is 10.4. The smallest absolute Gasteiger partial charge is 0.133 e. The molecule has 1 heterocycles. The van der Waals surface area contributed by atoms with Crippen LogP contribution in [0.5, 0.6) is 0 Å². The van der Waals surface area contributed by atoms with Crippen LogP contribution in [0.1, 0.15) is 18.4 Å². The van der Waals surface area contributed by atoms with Crippen LogP contribution >= 0.6 is 11.6 Å². The lowest BCUT2D eigenvalue weighted by molar-refractivity contribution is 0.131. The highest BCUT2D eigenvalue weighted by Gasteiger charge is 1.98. The van der Waals surface area contributed by atoms with Gasteiger partial charge in [-0.3, -0.25) is 0 Å². The molecule has 1 rings (SSSR count). The van der Waals surface area contributed by atoms with Gasteiger partial charge in [0.1, 0.15) is 11.0 Å². The molecule has 0 aliphatic heterocycles. The summed E-state index contributed by atoms with van der Waals surface area (Å²) >= 11 is 5.72. The number of rotatable bonds is 3. The molecule has 4 heteroatoms. The van der Waals surface area contributed by atoms with Gasteiger partial charge in [0.15, 0.2) is 0 Å². The summed E-state index contributed by atoms with van der Waals surface area (Å²) in [4.78, 5) is 8.09. The first kappa shape index (κ1) is 9.42.